The zero-order valence-electron chi connectivity index (χ0n) is 15.7. The van der Waals surface area contributed by atoms with Gasteiger partial charge in [0.15, 0.2) is 0 Å². The van der Waals surface area contributed by atoms with E-state index in [1.807, 2.05) is 13.8 Å². The van der Waals surface area contributed by atoms with E-state index in [0.717, 1.165) is 51.6 Å². The number of hydrogen-bond donors (Lipinski definition) is 0. The molecule has 1 atom stereocenters. The molecule has 0 aromatic carbocycles. The SMILES string of the molecule is C/C=C/CCCCCN(CCCCC/C=C/C)C(C)C(=O)[O-].[K+]. The number of unbranched alkanes of at least 4 members (excludes halogenated alkanes) is 6. The Balaban J connectivity index is 0. The minimum Gasteiger partial charge on any atom is -0.548 e. The first-order valence-corrected chi connectivity index (χ1v) is 8.80. The smallest absolute Gasteiger partial charge is 0.548 e. The van der Waals surface area contributed by atoms with E-state index in [0.29, 0.717) is 0 Å². The molecule has 0 saturated carbocycles. The Hall–Kier alpha value is 0.546. The third-order valence-electron chi connectivity index (χ3n) is 3.99. The van der Waals surface area contributed by atoms with Gasteiger partial charge in [0.25, 0.3) is 0 Å². The van der Waals surface area contributed by atoms with Crippen LogP contribution < -0.4 is 56.5 Å². The number of carboxylic acid groups (broad SMARTS) is 1. The molecular formula is C19H34KNO2. The van der Waals surface area contributed by atoms with Gasteiger partial charge in [0.05, 0.1) is 5.97 Å². The van der Waals surface area contributed by atoms with Crippen molar-refractivity contribution in [1.82, 2.24) is 4.90 Å². The molecule has 0 aromatic rings. The number of carbonyl (C=O) groups is 1. The van der Waals surface area contributed by atoms with Gasteiger partial charge in [0.2, 0.25) is 0 Å². The number of hydrogen-bond acceptors (Lipinski definition) is 3. The van der Waals surface area contributed by atoms with Crippen molar-refractivity contribution < 1.29 is 61.3 Å². The van der Waals surface area contributed by atoms with Gasteiger partial charge in [-0.3, -0.25) is 4.90 Å². The van der Waals surface area contributed by atoms with Crippen LogP contribution in [0.3, 0.4) is 0 Å². The molecule has 128 valence electrons. The van der Waals surface area contributed by atoms with Crippen LogP contribution in [0.5, 0.6) is 0 Å². The average molecular weight is 348 g/mol. The summed E-state index contributed by atoms with van der Waals surface area (Å²) in [4.78, 5) is 13.2. The fourth-order valence-corrected chi connectivity index (χ4v) is 2.49. The number of rotatable bonds is 14. The molecule has 4 heteroatoms. The second-order valence-electron chi connectivity index (χ2n) is 5.87. The number of carboxylic acids is 1. The molecule has 0 amide bonds. The van der Waals surface area contributed by atoms with E-state index >= 15 is 0 Å². The molecule has 3 nitrogen and oxygen atoms in total. The second-order valence-corrected chi connectivity index (χ2v) is 5.87. The van der Waals surface area contributed by atoms with E-state index in [1.54, 1.807) is 6.92 Å². The number of allylic oxidation sites excluding steroid dienone is 4. The van der Waals surface area contributed by atoms with Gasteiger partial charge in [0, 0.05) is 6.04 Å². The monoisotopic (exact) mass is 347 g/mol. The molecule has 0 aliphatic rings. The Morgan fingerprint density at radius 2 is 1.35 bits per heavy atom. The van der Waals surface area contributed by atoms with Crippen LogP contribution in [0.25, 0.3) is 0 Å². The third kappa shape index (κ3) is 15.8. The van der Waals surface area contributed by atoms with Gasteiger partial charge >= 0.3 is 51.4 Å². The molecule has 0 rings (SSSR count). The molecule has 1 unspecified atom stereocenters. The van der Waals surface area contributed by atoms with E-state index in [9.17, 15) is 9.90 Å². The number of nitrogens with zero attached hydrogens (tertiary/aromatic N) is 1. The van der Waals surface area contributed by atoms with Crippen LogP contribution in [0.15, 0.2) is 24.3 Å². The zero-order valence-corrected chi connectivity index (χ0v) is 18.8. The Kier molecular flexibility index (Phi) is 21.2. The molecule has 0 saturated heterocycles. The Labute approximate surface area is 186 Å². The van der Waals surface area contributed by atoms with Crippen LogP contribution in [0.1, 0.15) is 72.1 Å². The van der Waals surface area contributed by atoms with E-state index in [4.69, 9.17) is 0 Å². The summed E-state index contributed by atoms with van der Waals surface area (Å²) in [7, 11) is 0. The first-order valence-electron chi connectivity index (χ1n) is 8.80. The molecule has 0 heterocycles. The molecule has 0 fully saturated rings. The van der Waals surface area contributed by atoms with Crippen LogP contribution in [0.4, 0.5) is 0 Å². The second kappa shape index (κ2) is 18.9. The van der Waals surface area contributed by atoms with Gasteiger partial charge in [-0.25, -0.2) is 0 Å². The molecule has 0 spiro atoms. The van der Waals surface area contributed by atoms with Crippen molar-refractivity contribution in [3.8, 4) is 0 Å². The maximum absolute atomic E-state index is 11.1. The first-order chi connectivity index (χ1) is 10.6. The maximum Gasteiger partial charge on any atom is 1.00 e. The largest absolute Gasteiger partial charge is 1.00 e. The summed E-state index contributed by atoms with van der Waals surface area (Å²) in [5.74, 6) is -0.956. The Morgan fingerprint density at radius 1 is 0.913 bits per heavy atom. The molecule has 23 heavy (non-hydrogen) atoms. The zero-order chi connectivity index (χ0) is 16.6. The third-order valence-corrected chi connectivity index (χ3v) is 3.99. The summed E-state index contributed by atoms with van der Waals surface area (Å²) in [6, 6.07) is -0.480. The topological polar surface area (TPSA) is 43.4 Å². The van der Waals surface area contributed by atoms with Crippen LogP contribution >= 0.6 is 0 Å². The van der Waals surface area contributed by atoms with Crippen LogP contribution in [-0.4, -0.2) is 30.0 Å². The summed E-state index contributed by atoms with van der Waals surface area (Å²) in [6.45, 7) is 7.55. The molecule has 0 aromatic heterocycles. The number of carbonyl (C=O) groups excluding carboxylic acids is 1. The minimum absolute atomic E-state index is 0. The molecule has 0 aliphatic carbocycles. The van der Waals surface area contributed by atoms with Crippen molar-refractivity contribution in [2.24, 2.45) is 0 Å². The Bertz CT molecular complexity index is 307. The van der Waals surface area contributed by atoms with Gasteiger partial charge in [0.1, 0.15) is 0 Å². The molecular weight excluding hydrogens is 313 g/mol. The van der Waals surface area contributed by atoms with Crippen molar-refractivity contribution in [2.45, 2.75) is 78.2 Å². The quantitative estimate of drug-likeness (QED) is 0.264. The van der Waals surface area contributed by atoms with E-state index in [2.05, 4.69) is 29.2 Å². The fraction of sp³-hybridized carbons (Fsp3) is 0.737. The molecule has 0 N–H and O–H groups in total. The average Bonchev–Trinajstić information content (AvgIpc) is 2.51. The first kappa shape index (κ1) is 25.8. The number of aliphatic carboxylic acids is 1. The van der Waals surface area contributed by atoms with Crippen LogP contribution in [0, 0.1) is 0 Å². The molecule has 0 aliphatic heterocycles. The standard InChI is InChI=1S/C19H35NO2.K/c1-4-6-8-10-12-14-16-20(18(3)19(21)22)17-15-13-11-9-7-5-2;/h4-7,18H,8-17H2,1-3H3,(H,21,22);/q;+1/p-1/b6-4+,7-5+;. The summed E-state index contributed by atoms with van der Waals surface area (Å²) in [5, 5.41) is 11.1. The summed E-state index contributed by atoms with van der Waals surface area (Å²) in [6.07, 6.45) is 17.6. The van der Waals surface area contributed by atoms with Gasteiger partial charge in [-0.1, -0.05) is 37.1 Å². The van der Waals surface area contributed by atoms with Crippen LogP contribution in [0.2, 0.25) is 0 Å². The van der Waals surface area contributed by atoms with Gasteiger partial charge in [-0.05, 0) is 72.4 Å². The maximum atomic E-state index is 11.1. The van der Waals surface area contributed by atoms with Crippen LogP contribution in [-0.2, 0) is 4.79 Å². The van der Waals surface area contributed by atoms with E-state index in [1.165, 1.54) is 12.8 Å². The molecule has 0 radical (unpaired) electrons. The minimum atomic E-state index is -0.956. The van der Waals surface area contributed by atoms with Crippen molar-refractivity contribution in [1.29, 1.82) is 0 Å². The van der Waals surface area contributed by atoms with E-state index < -0.39 is 12.0 Å². The Morgan fingerprint density at radius 3 is 1.70 bits per heavy atom. The summed E-state index contributed by atoms with van der Waals surface area (Å²) < 4.78 is 0. The van der Waals surface area contributed by atoms with Crippen molar-refractivity contribution in [2.75, 3.05) is 13.1 Å². The van der Waals surface area contributed by atoms with E-state index in [-0.39, 0.29) is 51.4 Å². The normalized spacial score (nSPS) is 12.9. The predicted octanol–water partition coefficient (Wildman–Crippen LogP) is 0.704. The summed E-state index contributed by atoms with van der Waals surface area (Å²) in [5.41, 5.74) is 0. The van der Waals surface area contributed by atoms with Crippen molar-refractivity contribution >= 4 is 5.97 Å². The van der Waals surface area contributed by atoms with Gasteiger partial charge < -0.3 is 9.90 Å². The predicted molar refractivity (Wildman–Crippen MR) is 92.6 cm³/mol. The van der Waals surface area contributed by atoms with Crippen molar-refractivity contribution in [3.05, 3.63) is 24.3 Å². The van der Waals surface area contributed by atoms with Gasteiger partial charge in [-0.2, -0.15) is 0 Å². The fourth-order valence-electron chi connectivity index (χ4n) is 2.49. The van der Waals surface area contributed by atoms with Crippen molar-refractivity contribution in [3.63, 3.8) is 0 Å². The van der Waals surface area contributed by atoms with Gasteiger partial charge in [-0.15, -0.1) is 0 Å². The summed E-state index contributed by atoms with van der Waals surface area (Å²) >= 11 is 0. The molecule has 0 bridgehead atoms.